The number of methoxy groups -OCH3 is 1. The van der Waals surface area contributed by atoms with Gasteiger partial charge in [-0.15, -0.1) is 0 Å². The molecule has 1 aliphatic heterocycles. The third-order valence-corrected chi connectivity index (χ3v) is 4.72. The lowest BCUT2D eigenvalue weighted by molar-refractivity contribution is 0.0812. The van der Waals surface area contributed by atoms with Crippen LogP contribution in [-0.2, 0) is 9.47 Å². The number of hydrogen-bond acceptors (Lipinski definition) is 6. The van der Waals surface area contributed by atoms with Crippen LogP contribution in [0.5, 0.6) is 5.75 Å². The molecule has 2 aromatic carbocycles. The summed E-state index contributed by atoms with van der Waals surface area (Å²) in [4.78, 5) is 24.4. The number of nitriles is 1. The first-order valence-corrected chi connectivity index (χ1v) is 9.79. The largest absolute Gasteiger partial charge is 0.495 e. The van der Waals surface area contributed by atoms with E-state index in [-0.39, 0.29) is 12.1 Å². The molecule has 2 atom stereocenters. The third-order valence-electron chi connectivity index (χ3n) is 4.72. The van der Waals surface area contributed by atoms with Crippen LogP contribution in [0.1, 0.15) is 30.5 Å². The van der Waals surface area contributed by atoms with E-state index in [2.05, 4.69) is 16.0 Å². The van der Waals surface area contributed by atoms with Crippen molar-refractivity contribution in [2.75, 3.05) is 31.0 Å². The highest BCUT2D eigenvalue weighted by Gasteiger charge is 2.21. The second-order valence-corrected chi connectivity index (χ2v) is 6.99. The Morgan fingerprint density at radius 3 is 2.65 bits per heavy atom. The molecule has 9 heteroatoms. The van der Waals surface area contributed by atoms with Gasteiger partial charge in [-0.3, -0.25) is 0 Å². The molecule has 3 rings (SSSR count). The third kappa shape index (κ3) is 6.10. The number of benzene rings is 2. The lowest BCUT2D eigenvalue weighted by Crippen LogP contribution is -2.31. The van der Waals surface area contributed by atoms with E-state index < -0.39 is 12.1 Å². The Balaban J connectivity index is 1.57. The molecule has 9 nitrogen and oxygen atoms in total. The monoisotopic (exact) mass is 424 g/mol. The molecule has 0 aromatic heterocycles. The first kappa shape index (κ1) is 21.9. The van der Waals surface area contributed by atoms with E-state index in [4.69, 9.17) is 19.5 Å². The quantitative estimate of drug-likeness (QED) is 0.649. The minimum atomic E-state index is -0.506. The summed E-state index contributed by atoms with van der Waals surface area (Å²) < 4.78 is 15.7. The van der Waals surface area contributed by atoms with E-state index in [0.29, 0.717) is 42.3 Å². The van der Waals surface area contributed by atoms with E-state index >= 15 is 0 Å². The number of anilines is 2. The molecule has 0 saturated carbocycles. The number of alkyl carbamates (subject to hydrolysis) is 1. The number of ether oxygens (including phenoxy) is 3. The molecule has 1 heterocycles. The molecule has 162 valence electrons. The van der Waals surface area contributed by atoms with Crippen LogP contribution in [0.15, 0.2) is 42.5 Å². The first-order chi connectivity index (χ1) is 15.0. The van der Waals surface area contributed by atoms with Crippen LogP contribution < -0.4 is 20.7 Å². The summed E-state index contributed by atoms with van der Waals surface area (Å²) in [5.74, 6) is 0.373. The SMILES string of the molecule is COc1cc(NC(=O)Nc2cccc([C@H](C)NC(=O)O[C@H]3CCOC3)c2)ccc1C#N. The lowest BCUT2D eigenvalue weighted by atomic mass is 10.1. The van der Waals surface area contributed by atoms with Crippen LogP contribution in [0, 0.1) is 11.3 Å². The predicted molar refractivity (Wildman–Crippen MR) is 114 cm³/mol. The van der Waals surface area contributed by atoms with Gasteiger partial charge in [0.2, 0.25) is 0 Å². The molecule has 2 aromatic rings. The Labute approximate surface area is 180 Å². The van der Waals surface area contributed by atoms with Crippen LogP contribution in [-0.4, -0.2) is 38.6 Å². The summed E-state index contributed by atoms with van der Waals surface area (Å²) in [5.41, 5.74) is 2.22. The van der Waals surface area contributed by atoms with Gasteiger partial charge in [-0.2, -0.15) is 5.26 Å². The minimum Gasteiger partial charge on any atom is -0.495 e. The highest BCUT2D eigenvalue weighted by Crippen LogP contribution is 2.23. The molecule has 1 fully saturated rings. The van der Waals surface area contributed by atoms with E-state index in [0.717, 1.165) is 5.56 Å². The number of rotatable bonds is 6. The first-order valence-electron chi connectivity index (χ1n) is 9.79. The zero-order valence-corrected chi connectivity index (χ0v) is 17.3. The van der Waals surface area contributed by atoms with Crippen molar-refractivity contribution in [3.05, 3.63) is 53.6 Å². The Hall–Kier alpha value is -3.77. The molecule has 0 radical (unpaired) electrons. The Bertz CT molecular complexity index is 982. The summed E-state index contributed by atoms with van der Waals surface area (Å²) in [6.07, 6.45) is -0.0276. The van der Waals surface area contributed by atoms with E-state index in [1.807, 2.05) is 19.1 Å². The summed E-state index contributed by atoms with van der Waals surface area (Å²) in [6.45, 7) is 2.84. The number of amides is 3. The van der Waals surface area contributed by atoms with Gasteiger partial charge in [0.15, 0.2) is 0 Å². The molecule has 1 aliphatic rings. The molecule has 0 aliphatic carbocycles. The molecular weight excluding hydrogens is 400 g/mol. The van der Waals surface area contributed by atoms with Crippen molar-refractivity contribution in [1.29, 1.82) is 5.26 Å². The fourth-order valence-electron chi connectivity index (χ4n) is 3.09. The zero-order chi connectivity index (χ0) is 22.2. The molecule has 0 bridgehead atoms. The van der Waals surface area contributed by atoms with E-state index in [1.54, 1.807) is 36.4 Å². The van der Waals surface area contributed by atoms with Crippen molar-refractivity contribution in [3.8, 4) is 11.8 Å². The number of carbonyl (C=O) groups excluding carboxylic acids is 2. The van der Waals surface area contributed by atoms with Crippen molar-refractivity contribution < 1.29 is 23.8 Å². The maximum Gasteiger partial charge on any atom is 0.407 e. The average molecular weight is 424 g/mol. The topological polar surface area (TPSA) is 122 Å². The fourth-order valence-corrected chi connectivity index (χ4v) is 3.09. The highest BCUT2D eigenvalue weighted by atomic mass is 16.6. The van der Waals surface area contributed by atoms with Crippen LogP contribution in [0.3, 0.4) is 0 Å². The van der Waals surface area contributed by atoms with Crippen molar-refractivity contribution >= 4 is 23.5 Å². The molecule has 31 heavy (non-hydrogen) atoms. The summed E-state index contributed by atoms with van der Waals surface area (Å²) in [7, 11) is 1.46. The van der Waals surface area contributed by atoms with Gasteiger partial charge in [0.05, 0.1) is 31.9 Å². The molecular formula is C22H24N4O5. The molecule has 1 saturated heterocycles. The number of hydrogen-bond donors (Lipinski definition) is 3. The zero-order valence-electron chi connectivity index (χ0n) is 17.3. The lowest BCUT2D eigenvalue weighted by Gasteiger charge is -2.17. The van der Waals surface area contributed by atoms with Gasteiger partial charge in [-0.25, -0.2) is 9.59 Å². The van der Waals surface area contributed by atoms with Crippen molar-refractivity contribution in [2.24, 2.45) is 0 Å². The maximum absolute atomic E-state index is 12.4. The highest BCUT2D eigenvalue weighted by molar-refractivity contribution is 6.00. The van der Waals surface area contributed by atoms with Gasteiger partial charge in [0.25, 0.3) is 0 Å². The van der Waals surface area contributed by atoms with Gasteiger partial charge in [0, 0.05) is 23.9 Å². The van der Waals surface area contributed by atoms with Gasteiger partial charge in [-0.05, 0) is 36.8 Å². The van der Waals surface area contributed by atoms with E-state index in [9.17, 15) is 9.59 Å². The smallest absolute Gasteiger partial charge is 0.407 e. The van der Waals surface area contributed by atoms with E-state index in [1.165, 1.54) is 7.11 Å². The Morgan fingerprint density at radius 1 is 1.19 bits per heavy atom. The average Bonchev–Trinajstić information content (AvgIpc) is 3.26. The Kier molecular flexibility index (Phi) is 7.30. The van der Waals surface area contributed by atoms with Crippen LogP contribution in [0.2, 0.25) is 0 Å². The Morgan fingerprint density at radius 2 is 1.97 bits per heavy atom. The van der Waals surface area contributed by atoms with Crippen LogP contribution >= 0.6 is 0 Å². The normalized spacial score (nSPS) is 16.0. The number of nitrogens with one attached hydrogen (secondary N) is 3. The predicted octanol–water partition coefficient (Wildman–Crippen LogP) is 3.79. The molecule has 0 spiro atoms. The number of urea groups is 1. The van der Waals surface area contributed by atoms with Gasteiger partial charge >= 0.3 is 12.1 Å². The second kappa shape index (κ2) is 10.3. The second-order valence-electron chi connectivity index (χ2n) is 6.99. The van der Waals surface area contributed by atoms with Gasteiger partial charge in [-0.1, -0.05) is 12.1 Å². The van der Waals surface area contributed by atoms with Gasteiger partial charge < -0.3 is 30.2 Å². The number of nitrogens with zero attached hydrogens (tertiary/aromatic N) is 1. The molecule has 0 unspecified atom stereocenters. The molecule has 3 amide bonds. The van der Waals surface area contributed by atoms with Crippen molar-refractivity contribution in [3.63, 3.8) is 0 Å². The van der Waals surface area contributed by atoms with Crippen molar-refractivity contribution in [2.45, 2.75) is 25.5 Å². The molecule has 3 N–H and O–H groups in total. The van der Waals surface area contributed by atoms with Crippen molar-refractivity contribution in [1.82, 2.24) is 5.32 Å². The number of carbonyl (C=O) groups is 2. The van der Waals surface area contributed by atoms with Crippen LogP contribution in [0.25, 0.3) is 0 Å². The fraction of sp³-hybridized carbons (Fsp3) is 0.318. The van der Waals surface area contributed by atoms with Crippen LogP contribution in [0.4, 0.5) is 21.0 Å². The van der Waals surface area contributed by atoms with Gasteiger partial charge in [0.1, 0.15) is 17.9 Å². The maximum atomic E-state index is 12.4. The summed E-state index contributed by atoms with van der Waals surface area (Å²) >= 11 is 0. The standard InChI is InChI=1S/C22H24N4O5/c1-14(24-22(28)31-19-8-9-30-13-19)15-4-3-5-17(10-15)25-21(27)26-18-7-6-16(12-23)20(11-18)29-2/h3-7,10-11,14,19H,8-9,13H2,1-2H3,(H,24,28)(H2,25,26,27)/t14-,19-/m0/s1. The minimum absolute atomic E-state index is 0.218. The summed E-state index contributed by atoms with van der Waals surface area (Å²) in [6, 6.07) is 13.1. The summed E-state index contributed by atoms with van der Waals surface area (Å²) in [5, 5.41) is 17.3.